The van der Waals surface area contributed by atoms with Crippen LogP contribution in [0.2, 0.25) is 0 Å². The number of alkyl carbamates (subject to hydrolysis) is 1. The Labute approximate surface area is 277 Å². The van der Waals surface area contributed by atoms with Crippen LogP contribution < -0.4 is 21.3 Å². The summed E-state index contributed by atoms with van der Waals surface area (Å²) in [5.41, 5.74) is 3.13. The number of carboxylic acid groups (broad SMARTS) is 1. The summed E-state index contributed by atoms with van der Waals surface area (Å²) in [5, 5.41) is 29.4. The highest BCUT2D eigenvalue weighted by molar-refractivity contribution is 7.91. The van der Waals surface area contributed by atoms with E-state index in [1.165, 1.54) is 12.5 Å². The number of amides is 3. The van der Waals surface area contributed by atoms with Crippen molar-refractivity contribution in [3.63, 3.8) is 0 Å². The van der Waals surface area contributed by atoms with E-state index in [-0.39, 0.29) is 37.8 Å². The van der Waals surface area contributed by atoms with E-state index in [0.29, 0.717) is 19.4 Å². The van der Waals surface area contributed by atoms with Gasteiger partial charge < -0.3 is 36.2 Å². The molecule has 0 heterocycles. The second kappa shape index (κ2) is 22.5. The van der Waals surface area contributed by atoms with Crippen LogP contribution in [-0.4, -0.2) is 91.9 Å². The van der Waals surface area contributed by atoms with Crippen LogP contribution in [0.25, 0.3) is 0 Å². The number of benzene rings is 2. The summed E-state index contributed by atoms with van der Waals surface area (Å²) < 4.78 is 30.6. The third kappa shape index (κ3) is 19.3. The molecule has 2 aromatic rings. The molecule has 0 bridgehead atoms. The number of sulfone groups is 1. The lowest BCUT2D eigenvalue weighted by atomic mass is 10.0. The van der Waals surface area contributed by atoms with Crippen LogP contribution in [0.4, 0.5) is 4.79 Å². The monoisotopic (exact) mass is 678 g/mol. The van der Waals surface area contributed by atoms with Gasteiger partial charge in [0.25, 0.3) is 5.97 Å². The van der Waals surface area contributed by atoms with Crippen molar-refractivity contribution in [1.29, 1.82) is 0 Å². The number of rotatable bonds is 19. The lowest BCUT2D eigenvalue weighted by Gasteiger charge is -2.27. The molecule has 0 aliphatic rings. The van der Waals surface area contributed by atoms with Crippen molar-refractivity contribution in [3.8, 4) is 0 Å². The van der Waals surface area contributed by atoms with Crippen LogP contribution in [0.5, 0.6) is 0 Å². The third-order valence-corrected chi connectivity index (χ3v) is 8.47. The molecule has 0 saturated heterocycles. The molecule has 14 heteroatoms. The van der Waals surface area contributed by atoms with Crippen LogP contribution >= 0.6 is 0 Å². The molecule has 0 saturated carbocycles. The molecular formula is C33H50N4O9S. The van der Waals surface area contributed by atoms with Crippen LogP contribution in [0.3, 0.4) is 0 Å². The predicted molar refractivity (Wildman–Crippen MR) is 179 cm³/mol. The number of carbonyl (C=O) groups is 4. The molecule has 262 valence electrons. The summed E-state index contributed by atoms with van der Waals surface area (Å²) in [7, 11) is -3.70. The molecule has 0 unspecified atom stereocenters. The molecule has 0 aromatic heterocycles. The summed E-state index contributed by atoms with van der Waals surface area (Å²) in [6.07, 6.45) is 0.230. The van der Waals surface area contributed by atoms with Crippen molar-refractivity contribution in [1.82, 2.24) is 21.3 Å². The minimum absolute atomic E-state index is 0.0650. The van der Waals surface area contributed by atoms with Crippen molar-refractivity contribution in [2.45, 2.75) is 78.1 Å². The SMILES string of the molecule is CC(=O)O.CCCCS(=O)(=O)C[C@@H](NC(=O)OCCNC(C)=O)C(=O)N[C@@H](Cc1ccccc1)[C@H](O)CNCc1cccc(CC)c1. The van der Waals surface area contributed by atoms with E-state index < -0.39 is 51.7 Å². The maximum Gasteiger partial charge on any atom is 0.407 e. The molecule has 2 rings (SSSR count). The molecule has 2 aromatic carbocycles. The highest BCUT2D eigenvalue weighted by Crippen LogP contribution is 2.10. The Kier molecular flexibility index (Phi) is 19.6. The number of hydrogen-bond donors (Lipinski definition) is 6. The average Bonchev–Trinajstić information content (AvgIpc) is 3.01. The van der Waals surface area contributed by atoms with Gasteiger partial charge in [-0.05, 0) is 36.0 Å². The molecule has 0 spiro atoms. The van der Waals surface area contributed by atoms with Gasteiger partial charge in [-0.1, -0.05) is 74.9 Å². The van der Waals surface area contributed by atoms with Crippen molar-refractivity contribution >= 4 is 33.7 Å². The molecule has 0 aliphatic carbocycles. The van der Waals surface area contributed by atoms with E-state index in [0.717, 1.165) is 24.5 Å². The van der Waals surface area contributed by atoms with E-state index in [1.807, 2.05) is 49.4 Å². The first kappa shape index (κ1) is 41.0. The van der Waals surface area contributed by atoms with Crippen molar-refractivity contribution in [2.75, 3.05) is 31.2 Å². The zero-order chi connectivity index (χ0) is 35.2. The van der Waals surface area contributed by atoms with Gasteiger partial charge in [0.2, 0.25) is 11.8 Å². The van der Waals surface area contributed by atoms with Gasteiger partial charge in [-0.15, -0.1) is 0 Å². The fraction of sp³-hybridized carbons (Fsp3) is 0.515. The fourth-order valence-electron chi connectivity index (χ4n) is 4.34. The molecule has 0 aliphatic heterocycles. The lowest BCUT2D eigenvalue weighted by molar-refractivity contribution is -0.134. The number of hydrogen-bond acceptors (Lipinski definition) is 9. The maximum absolute atomic E-state index is 13.5. The lowest BCUT2D eigenvalue weighted by Crippen LogP contribution is -2.56. The normalized spacial score (nSPS) is 12.8. The van der Waals surface area contributed by atoms with E-state index in [4.69, 9.17) is 14.6 Å². The Bertz CT molecular complexity index is 1350. The predicted octanol–water partition coefficient (Wildman–Crippen LogP) is 1.96. The second-order valence-electron chi connectivity index (χ2n) is 11.0. The van der Waals surface area contributed by atoms with Gasteiger partial charge in [-0.3, -0.25) is 14.4 Å². The van der Waals surface area contributed by atoms with Crippen LogP contribution in [0, 0.1) is 0 Å². The topological polar surface area (TPSA) is 200 Å². The van der Waals surface area contributed by atoms with E-state index in [9.17, 15) is 27.9 Å². The molecular weight excluding hydrogens is 628 g/mol. The summed E-state index contributed by atoms with van der Waals surface area (Å²) in [5.74, 6) is -2.64. The average molecular weight is 679 g/mol. The minimum atomic E-state index is -3.70. The largest absolute Gasteiger partial charge is 0.481 e. The molecule has 0 fully saturated rings. The molecule has 6 N–H and O–H groups in total. The summed E-state index contributed by atoms with van der Waals surface area (Å²) in [6.45, 7) is 6.92. The zero-order valence-electron chi connectivity index (χ0n) is 27.7. The minimum Gasteiger partial charge on any atom is -0.481 e. The number of aliphatic hydroxyl groups excluding tert-OH is 1. The summed E-state index contributed by atoms with van der Waals surface area (Å²) in [6, 6.07) is 15.2. The molecule has 3 amide bonds. The Hall–Kier alpha value is -4.01. The quantitative estimate of drug-likeness (QED) is 0.119. The van der Waals surface area contributed by atoms with E-state index in [1.54, 1.807) is 0 Å². The Balaban J connectivity index is 0.00000260. The maximum atomic E-state index is 13.5. The van der Waals surface area contributed by atoms with Gasteiger partial charge in [-0.25, -0.2) is 13.2 Å². The third-order valence-electron chi connectivity index (χ3n) is 6.72. The van der Waals surface area contributed by atoms with E-state index in [2.05, 4.69) is 40.3 Å². The first-order valence-electron chi connectivity index (χ1n) is 15.6. The fourth-order valence-corrected chi connectivity index (χ4v) is 5.98. The Morgan fingerprint density at radius 3 is 2.17 bits per heavy atom. The first-order valence-corrected chi connectivity index (χ1v) is 17.5. The second-order valence-corrected chi connectivity index (χ2v) is 13.2. The van der Waals surface area contributed by atoms with Gasteiger partial charge in [0.1, 0.15) is 12.6 Å². The van der Waals surface area contributed by atoms with Crippen molar-refractivity contribution in [3.05, 3.63) is 71.3 Å². The number of aliphatic hydroxyl groups is 1. The van der Waals surface area contributed by atoms with Crippen LogP contribution in [-0.2, 0) is 48.3 Å². The van der Waals surface area contributed by atoms with Crippen molar-refractivity contribution < 1.29 is 42.5 Å². The number of aryl methyl sites for hydroxylation is 1. The number of ether oxygens (including phenoxy) is 1. The number of carboxylic acids is 1. The smallest absolute Gasteiger partial charge is 0.407 e. The Morgan fingerprint density at radius 1 is 0.915 bits per heavy atom. The number of aliphatic carboxylic acids is 1. The van der Waals surface area contributed by atoms with E-state index >= 15 is 0 Å². The number of nitrogens with one attached hydrogen (secondary N) is 4. The molecule has 3 atom stereocenters. The van der Waals surface area contributed by atoms with Gasteiger partial charge in [0.15, 0.2) is 9.84 Å². The highest BCUT2D eigenvalue weighted by Gasteiger charge is 2.31. The number of unbranched alkanes of at least 4 members (excludes halogenated alkanes) is 1. The van der Waals surface area contributed by atoms with Gasteiger partial charge in [0.05, 0.1) is 30.2 Å². The number of carbonyl (C=O) groups excluding carboxylic acids is 3. The van der Waals surface area contributed by atoms with Gasteiger partial charge in [-0.2, -0.15) is 0 Å². The Morgan fingerprint density at radius 2 is 1.55 bits per heavy atom. The summed E-state index contributed by atoms with van der Waals surface area (Å²) in [4.78, 5) is 46.0. The van der Waals surface area contributed by atoms with Crippen LogP contribution in [0.1, 0.15) is 57.2 Å². The standard InChI is InChI=1S/C31H46N4O7S.C2H4O2/c1-4-6-17-43(40,41)22-28(35-31(39)42-16-15-33-23(3)36)30(38)34-27(19-25-11-8-7-9-12-25)29(37)21-32-20-26-14-10-13-24(5-2)18-26;1-2(3)4/h7-14,18,27-29,32,37H,4-6,15-17,19-22H2,1-3H3,(H,33,36)(H,34,38)(H,35,39);1H3,(H,3,4)/t27-,28+,29+;/m0./s1. The highest BCUT2D eigenvalue weighted by atomic mass is 32.2. The van der Waals surface area contributed by atoms with Gasteiger partial charge >= 0.3 is 6.09 Å². The first-order chi connectivity index (χ1) is 22.3. The van der Waals surface area contributed by atoms with Crippen LogP contribution in [0.15, 0.2) is 54.6 Å². The van der Waals surface area contributed by atoms with Gasteiger partial charge in [0, 0.05) is 26.9 Å². The molecule has 0 radical (unpaired) electrons. The molecule has 47 heavy (non-hydrogen) atoms. The summed E-state index contributed by atoms with van der Waals surface area (Å²) >= 11 is 0. The van der Waals surface area contributed by atoms with Crippen molar-refractivity contribution in [2.24, 2.45) is 0 Å². The zero-order valence-corrected chi connectivity index (χ0v) is 28.5. The molecule has 13 nitrogen and oxygen atoms in total.